The van der Waals surface area contributed by atoms with E-state index in [1.165, 1.54) is 4.90 Å². The van der Waals surface area contributed by atoms with Crippen molar-refractivity contribution in [3.63, 3.8) is 0 Å². The molecule has 3 amide bonds. The quantitative estimate of drug-likeness (QED) is 0.910. The number of hydrogen-bond acceptors (Lipinski definition) is 3. The molecule has 1 aromatic heterocycles. The lowest BCUT2D eigenvalue weighted by Crippen LogP contribution is -2.44. The highest BCUT2D eigenvalue weighted by atomic mass is 16.3. The van der Waals surface area contributed by atoms with Crippen LogP contribution in [0.15, 0.2) is 22.8 Å². The zero-order chi connectivity index (χ0) is 14.5. The molecule has 1 fully saturated rings. The first-order chi connectivity index (χ1) is 9.59. The summed E-state index contributed by atoms with van der Waals surface area (Å²) >= 11 is 0. The van der Waals surface area contributed by atoms with E-state index in [9.17, 15) is 9.59 Å². The number of hydrogen-bond donors (Lipinski definition) is 1. The van der Waals surface area contributed by atoms with Crippen LogP contribution in [0.5, 0.6) is 0 Å². The predicted molar refractivity (Wildman–Crippen MR) is 74.1 cm³/mol. The van der Waals surface area contributed by atoms with Gasteiger partial charge in [-0.05, 0) is 31.9 Å². The van der Waals surface area contributed by atoms with Crippen molar-refractivity contribution in [2.75, 3.05) is 26.7 Å². The lowest BCUT2D eigenvalue weighted by molar-refractivity contribution is -0.129. The molecule has 110 valence electrons. The third-order valence-electron chi connectivity index (χ3n) is 3.71. The van der Waals surface area contributed by atoms with Crippen LogP contribution in [0.1, 0.15) is 31.6 Å². The number of carbonyl (C=O) groups is 2. The minimum atomic E-state index is -0.276. The Morgan fingerprint density at radius 3 is 2.75 bits per heavy atom. The van der Waals surface area contributed by atoms with Crippen LogP contribution in [0.2, 0.25) is 0 Å². The van der Waals surface area contributed by atoms with Crippen molar-refractivity contribution in [3.8, 4) is 0 Å². The van der Waals surface area contributed by atoms with Gasteiger partial charge < -0.3 is 19.5 Å². The van der Waals surface area contributed by atoms with Crippen LogP contribution in [0, 0.1) is 0 Å². The molecular formula is C14H21N3O3. The lowest BCUT2D eigenvalue weighted by Gasteiger charge is -2.24. The summed E-state index contributed by atoms with van der Waals surface area (Å²) in [6.07, 6.45) is 3.68. The molecule has 0 radical (unpaired) electrons. The second-order valence-corrected chi connectivity index (χ2v) is 5.05. The Morgan fingerprint density at radius 1 is 1.45 bits per heavy atom. The van der Waals surface area contributed by atoms with E-state index in [-0.39, 0.29) is 24.5 Å². The van der Waals surface area contributed by atoms with E-state index >= 15 is 0 Å². The normalized spacial score (nSPS) is 16.0. The monoisotopic (exact) mass is 279 g/mol. The third-order valence-corrected chi connectivity index (χ3v) is 3.71. The van der Waals surface area contributed by atoms with Gasteiger partial charge in [-0.1, -0.05) is 0 Å². The summed E-state index contributed by atoms with van der Waals surface area (Å²) in [5.74, 6) is 0.698. The Kier molecular flexibility index (Phi) is 4.65. The largest absolute Gasteiger partial charge is 0.467 e. The molecule has 0 spiro atoms. The fourth-order valence-corrected chi connectivity index (χ4v) is 2.25. The zero-order valence-electron chi connectivity index (χ0n) is 12.0. The number of likely N-dealkylation sites (tertiary alicyclic amines) is 1. The first-order valence-electron chi connectivity index (χ1n) is 6.91. The lowest BCUT2D eigenvalue weighted by atomic mass is 10.2. The van der Waals surface area contributed by atoms with Crippen molar-refractivity contribution >= 4 is 11.9 Å². The molecule has 1 aliphatic rings. The maximum absolute atomic E-state index is 12.0. The Bertz CT molecular complexity index is 452. The van der Waals surface area contributed by atoms with Gasteiger partial charge in [-0.2, -0.15) is 0 Å². The fraction of sp³-hybridized carbons (Fsp3) is 0.571. The zero-order valence-corrected chi connectivity index (χ0v) is 12.0. The molecule has 2 rings (SSSR count). The van der Waals surface area contributed by atoms with Crippen LogP contribution in [-0.4, -0.2) is 48.4 Å². The topological polar surface area (TPSA) is 65.8 Å². The maximum Gasteiger partial charge on any atom is 0.318 e. The Hall–Kier alpha value is -1.98. The van der Waals surface area contributed by atoms with E-state index in [0.717, 1.165) is 25.9 Å². The summed E-state index contributed by atoms with van der Waals surface area (Å²) < 4.78 is 5.28. The molecule has 0 aromatic carbocycles. The SMILES string of the molecule is CC(c1ccco1)N(C)C(=O)NCC(=O)N1CCCC1. The van der Waals surface area contributed by atoms with Crippen molar-refractivity contribution in [2.24, 2.45) is 0 Å². The van der Waals surface area contributed by atoms with Gasteiger partial charge in [-0.15, -0.1) is 0 Å². The Balaban J connectivity index is 1.80. The average Bonchev–Trinajstić information content (AvgIpc) is 3.14. The van der Waals surface area contributed by atoms with Crippen molar-refractivity contribution in [1.29, 1.82) is 0 Å². The summed E-state index contributed by atoms with van der Waals surface area (Å²) in [6, 6.07) is 3.16. The molecule has 6 nitrogen and oxygen atoms in total. The third kappa shape index (κ3) is 3.31. The van der Waals surface area contributed by atoms with Crippen molar-refractivity contribution in [1.82, 2.24) is 15.1 Å². The standard InChI is InChI=1S/C14H21N3O3/c1-11(12-6-5-9-20-12)16(2)14(19)15-10-13(18)17-7-3-4-8-17/h5-6,9,11H,3-4,7-8,10H2,1-2H3,(H,15,19). The Morgan fingerprint density at radius 2 is 2.15 bits per heavy atom. The molecule has 20 heavy (non-hydrogen) atoms. The summed E-state index contributed by atoms with van der Waals surface area (Å²) in [5, 5.41) is 2.66. The molecular weight excluding hydrogens is 258 g/mol. The number of rotatable bonds is 4. The van der Waals surface area contributed by atoms with Gasteiger partial charge in [0.25, 0.3) is 0 Å². The van der Waals surface area contributed by atoms with Crippen molar-refractivity contribution < 1.29 is 14.0 Å². The second kappa shape index (κ2) is 6.45. The molecule has 0 saturated carbocycles. The highest BCUT2D eigenvalue weighted by Crippen LogP contribution is 2.18. The van der Waals surface area contributed by atoms with Crippen LogP contribution in [0.4, 0.5) is 4.79 Å². The first-order valence-corrected chi connectivity index (χ1v) is 6.91. The molecule has 1 N–H and O–H groups in total. The van der Waals surface area contributed by atoms with Gasteiger partial charge in [0.2, 0.25) is 5.91 Å². The molecule has 1 unspecified atom stereocenters. The highest BCUT2D eigenvalue weighted by Gasteiger charge is 2.22. The molecule has 1 saturated heterocycles. The summed E-state index contributed by atoms with van der Waals surface area (Å²) in [5.41, 5.74) is 0. The summed E-state index contributed by atoms with van der Waals surface area (Å²) in [6.45, 7) is 3.52. The summed E-state index contributed by atoms with van der Waals surface area (Å²) in [4.78, 5) is 27.2. The van der Waals surface area contributed by atoms with Gasteiger partial charge in [0.05, 0.1) is 18.8 Å². The number of nitrogens with one attached hydrogen (secondary N) is 1. The number of furan rings is 1. The molecule has 1 aliphatic heterocycles. The number of carbonyl (C=O) groups excluding carboxylic acids is 2. The number of urea groups is 1. The summed E-state index contributed by atoms with van der Waals surface area (Å²) in [7, 11) is 1.68. The molecule has 0 bridgehead atoms. The fourth-order valence-electron chi connectivity index (χ4n) is 2.25. The van der Waals surface area contributed by atoms with E-state index in [1.807, 2.05) is 13.0 Å². The van der Waals surface area contributed by atoms with E-state index in [4.69, 9.17) is 4.42 Å². The molecule has 6 heteroatoms. The molecule has 2 heterocycles. The van der Waals surface area contributed by atoms with Crippen LogP contribution >= 0.6 is 0 Å². The van der Waals surface area contributed by atoms with Crippen LogP contribution in [0.25, 0.3) is 0 Å². The van der Waals surface area contributed by atoms with E-state index in [0.29, 0.717) is 5.76 Å². The van der Waals surface area contributed by atoms with Crippen molar-refractivity contribution in [2.45, 2.75) is 25.8 Å². The molecule has 1 aromatic rings. The van der Waals surface area contributed by atoms with E-state index < -0.39 is 0 Å². The maximum atomic E-state index is 12.0. The van der Waals surface area contributed by atoms with Crippen LogP contribution < -0.4 is 5.32 Å². The van der Waals surface area contributed by atoms with Gasteiger partial charge in [-0.3, -0.25) is 4.79 Å². The number of nitrogens with zero attached hydrogens (tertiary/aromatic N) is 2. The van der Waals surface area contributed by atoms with Gasteiger partial charge in [0.15, 0.2) is 0 Å². The molecule has 1 atom stereocenters. The van der Waals surface area contributed by atoms with Crippen LogP contribution in [0.3, 0.4) is 0 Å². The van der Waals surface area contributed by atoms with Gasteiger partial charge in [0, 0.05) is 20.1 Å². The Labute approximate surface area is 118 Å². The average molecular weight is 279 g/mol. The number of amides is 3. The highest BCUT2D eigenvalue weighted by molar-refractivity contribution is 5.84. The van der Waals surface area contributed by atoms with E-state index in [2.05, 4.69) is 5.32 Å². The van der Waals surface area contributed by atoms with Crippen molar-refractivity contribution in [3.05, 3.63) is 24.2 Å². The second-order valence-electron chi connectivity index (χ2n) is 5.05. The van der Waals surface area contributed by atoms with E-state index in [1.54, 1.807) is 24.3 Å². The van der Waals surface area contributed by atoms with Gasteiger partial charge >= 0.3 is 6.03 Å². The minimum Gasteiger partial charge on any atom is -0.467 e. The van der Waals surface area contributed by atoms with Crippen LogP contribution in [-0.2, 0) is 4.79 Å². The van der Waals surface area contributed by atoms with Gasteiger partial charge in [0.1, 0.15) is 5.76 Å². The first kappa shape index (κ1) is 14.4. The predicted octanol–water partition coefficient (Wildman–Crippen LogP) is 1.60. The van der Waals surface area contributed by atoms with Gasteiger partial charge in [-0.25, -0.2) is 4.79 Å². The molecule has 0 aliphatic carbocycles. The smallest absolute Gasteiger partial charge is 0.318 e. The minimum absolute atomic E-state index is 0.0186.